The number of rotatable bonds is 3. The SMILES string of the molecule is CCOC(=O)c1sc(N2CC(S)CC2=O)nc1C. The second-order valence-corrected chi connectivity index (χ2v) is 5.70. The molecule has 0 aromatic carbocycles. The van der Waals surface area contributed by atoms with Crippen molar-refractivity contribution in [2.45, 2.75) is 25.5 Å². The lowest BCUT2D eigenvalue weighted by molar-refractivity contribution is -0.117. The number of amides is 1. The summed E-state index contributed by atoms with van der Waals surface area (Å²) in [7, 11) is 0. The van der Waals surface area contributed by atoms with E-state index in [-0.39, 0.29) is 17.1 Å². The summed E-state index contributed by atoms with van der Waals surface area (Å²) in [5, 5.41) is 0.588. The van der Waals surface area contributed by atoms with Crippen LogP contribution in [0.1, 0.15) is 28.7 Å². The van der Waals surface area contributed by atoms with Crippen LogP contribution in [0.25, 0.3) is 0 Å². The van der Waals surface area contributed by atoms with Crippen LogP contribution in [0, 0.1) is 6.92 Å². The molecule has 0 spiro atoms. The first-order valence-corrected chi connectivity index (χ1v) is 6.99. The molecule has 1 amide bonds. The molecule has 0 saturated carbocycles. The number of thiazole rings is 1. The van der Waals surface area contributed by atoms with Gasteiger partial charge < -0.3 is 4.74 Å². The number of thiol groups is 1. The molecule has 0 N–H and O–H groups in total. The molecule has 2 heterocycles. The van der Waals surface area contributed by atoms with E-state index in [9.17, 15) is 9.59 Å². The molecule has 1 unspecified atom stereocenters. The molecule has 1 aromatic rings. The van der Waals surface area contributed by atoms with Crippen molar-refractivity contribution in [1.29, 1.82) is 0 Å². The molecule has 98 valence electrons. The summed E-state index contributed by atoms with van der Waals surface area (Å²) in [6, 6.07) is 0. The highest BCUT2D eigenvalue weighted by molar-refractivity contribution is 7.81. The first kappa shape index (κ1) is 13.4. The minimum Gasteiger partial charge on any atom is -0.462 e. The van der Waals surface area contributed by atoms with Crippen LogP contribution >= 0.6 is 24.0 Å². The predicted molar refractivity (Wildman–Crippen MR) is 72.6 cm³/mol. The highest BCUT2D eigenvalue weighted by Crippen LogP contribution is 2.30. The van der Waals surface area contributed by atoms with Gasteiger partial charge >= 0.3 is 5.97 Å². The van der Waals surface area contributed by atoms with E-state index >= 15 is 0 Å². The van der Waals surface area contributed by atoms with Crippen LogP contribution in [0.4, 0.5) is 5.13 Å². The minimum absolute atomic E-state index is 0.000779. The monoisotopic (exact) mass is 286 g/mol. The fraction of sp³-hybridized carbons (Fsp3) is 0.545. The third-order valence-corrected chi connectivity index (χ3v) is 4.09. The Kier molecular flexibility index (Phi) is 3.91. The van der Waals surface area contributed by atoms with Crippen molar-refractivity contribution >= 4 is 41.0 Å². The van der Waals surface area contributed by atoms with Gasteiger partial charge in [0.2, 0.25) is 5.91 Å². The third-order valence-electron chi connectivity index (χ3n) is 2.58. The minimum atomic E-state index is -0.382. The summed E-state index contributed by atoms with van der Waals surface area (Å²) >= 11 is 5.49. The fourth-order valence-corrected chi connectivity index (χ4v) is 3.06. The molecule has 5 nitrogen and oxygen atoms in total. The Labute approximate surface area is 115 Å². The van der Waals surface area contributed by atoms with Crippen molar-refractivity contribution in [2.75, 3.05) is 18.1 Å². The number of aromatic nitrogens is 1. The number of hydrogen-bond donors (Lipinski definition) is 1. The van der Waals surface area contributed by atoms with Gasteiger partial charge in [-0.3, -0.25) is 9.69 Å². The van der Waals surface area contributed by atoms with Crippen LogP contribution in [0.15, 0.2) is 0 Å². The normalized spacial score (nSPS) is 19.4. The molecule has 1 aliphatic rings. The topological polar surface area (TPSA) is 59.5 Å². The average Bonchev–Trinajstić information content (AvgIpc) is 2.82. The van der Waals surface area contributed by atoms with E-state index in [2.05, 4.69) is 17.6 Å². The smallest absolute Gasteiger partial charge is 0.350 e. The Balaban J connectivity index is 2.23. The van der Waals surface area contributed by atoms with E-state index in [4.69, 9.17) is 4.74 Å². The number of carbonyl (C=O) groups is 2. The number of carbonyl (C=O) groups excluding carboxylic acids is 2. The second kappa shape index (κ2) is 5.27. The molecule has 1 saturated heterocycles. The number of ether oxygens (including phenoxy) is 1. The van der Waals surface area contributed by atoms with Gasteiger partial charge in [0.05, 0.1) is 12.3 Å². The van der Waals surface area contributed by atoms with Crippen molar-refractivity contribution in [1.82, 2.24) is 4.98 Å². The van der Waals surface area contributed by atoms with E-state index in [1.165, 1.54) is 11.3 Å². The number of esters is 1. The van der Waals surface area contributed by atoms with Crippen LogP contribution < -0.4 is 4.90 Å². The molecule has 7 heteroatoms. The van der Waals surface area contributed by atoms with Crippen molar-refractivity contribution in [3.8, 4) is 0 Å². The molecule has 2 rings (SSSR count). The van der Waals surface area contributed by atoms with Gasteiger partial charge in [-0.25, -0.2) is 9.78 Å². The Morgan fingerprint density at radius 3 is 2.94 bits per heavy atom. The van der Waals surface area contributed by atoms with Crippen LogP contribution in [-0.4, -0.2) is 35.3 Å². The maximum Gasteiger partial charge on any atom is 0.350 e. The van der Waals surface area contributed by atoms with Crippen molar-refractivity contribution in [3.63, 3.8) is 0 Å². The first-order chi connectivity index (χ1) is 8.52. The Morgan fingerprint density at radius 1 is 1.67 bits per heavy atom. The number of nitrogens with zero attached hydrogens (tertiary/aromatic N) is 2. The lowest BCUT2D eigenvalue weighted by atomic mass is 10.4. The average molecular weight is 286 g/mol. The second-order valence-electron chi connectivity index (χ2n) is 3.99. The fourth-order valence-electron chi connectivity index (χ4n) is 1.76. The summed E-state index contributed by atoms with van der Waals surface area (Å²) < 4.78 is 4.95. The summed E-state index contributed by atoms with van der Waals surface area (Å²) in [6.07, 6.45) is 0.413. The van der Waals surface area contributed by atoms with E-state index in [0.29, 0.717) is 35.3 Å². The summed E-state index contributed by atoms with van der Waals surface area (Å²) in [6.45, 7) is 4.36. The van der Waals surface area contributed by atoms with Crippen LogP contribution in [0.5, 0.6) is 0 Å². The van der Waals surface area contributed by atoms with Crippen LogP contribution in [-0.2, 0) is 9.53 Å². The number of aryl methyl sites for hydroxylation is 1. The van der Waals surface area contributed by atoms with E-state index in [0.717, 1.165) is 0 Å². The zero-order valence-corrected chi connectivity index (χ0v) is 11.9. The quantitative estimate of drug-likeness (QED) is 0.678. The molecule has 1 fully saturated rings. The number of anilines is 1. The largest absolute Gasteiger partial charge is 0.462 e. The maximum atomic E-state index is 11.7. The molecule has 1 aliphatic heterocycles. The van der Waals surface area contributed by atoms with Crippen molar-refractivity contribution in [2.24, 2.45) is 0 Å². The molecular formula is C11H14N2O3S2. The predicted octanol–water partition coefficient (Wildman–Crippen LogP) is 1.66. The summed E-state index contributed by atoms with van der Waals surface area (Å²) in [4.78, 5) is 29.7. The molecular weight excluding hydrogens is 272 g/mol. The standard InChI is InChI=1S/C11H14N2O3S2/c1-3-16-10(15)9-6(2)12-11(18-9)13-5-7(17)4-8(13)14/h7,17H,3-5H2,1-2H3. The molecule has 18 heavy (non-hydrogen) atoms. The Hall–Kier alpha value is -1.08. The van der Waals surface area contributed by atoms with Crippen LogP contribution in [0.3, 0.4) is 0 Å². The van der Waals surface area contributed by atoms with Gasteiger partial charge in [0.1, 0.15) is 4.88 Å². The first-order valence-electron chi connectivity index (χ1n) is 5.66. The van der Waals surface area contributed by atoms with Gasteiger partial charge in [-0.05, 0) is 13.8 Å². The number of hydrogen-bond acceptors (Lipinski definition) is 6. The lowest BCUT2D eigenvalue weighted by Gasteiger charge is -2.10. The highest BCUT2D eigenvalue weighted by atomic mass is 32.1. The maximum absolute atomic E-state index is 11.7. The van der Waals surface area contributed by atoms with Gasteiger partial charge in [0, 0.05) is 18.2 Å². The summed E-state index contributed by atoms with van der Waals surface area (Å²) in [5.74, 6) is -0.382. The highest BCUT2D eigenvalue weighted by Gasteiger charge is 2.31. The van der Waals surface area contributed by atoms with Gasteiger partial charge in [-0.1, -0.05) is 11.3 Å². The van der Waals surface area contributed by atoms with Gasteiger partial charge in [-0.2, -0.15) is 12.6 Å². The van der Waals surface area contributed by atoms with Crippen molar-refractivity contribution in [3.05, 3.63) is 10.6 Å². The lowest BCUT2D eigenvalue weighted by Crippen LogP contribution is -2.24. The third kappa shape index (κ3) is 2.51. The van der Waals surface area contributed by atoms with Crippen LogP contribution in [0.2, 0.25) is 0 Å². The molecule has 1 atom stereocenters. The van der Waals surface area contributed by atoms with Gasteiger partial charge in [0.15, 0.2) is 5.13 Å². The molecule has 0 radical (unpaired) electrons. The Morgan fingerprint density at radius 2 is 2.39 bits per heavy atom. The zero-order valence-electron chi connectivity index (χ0n) is 10.2. The van der Waals surface area contributed by atoms with E-state index in [1.807, 2.05) is 0 Å². The molecule has 0 aliphatic carbocycles. The van der Waals surface area contributed by atoms with E-state index < -0.39 is 0 Å². The van der Waals surface area contributed by atoms with Gasteiger partial charge in [-0.15, -0.1) is 0 Å². The zero-order chi connectivity index (χ0) is 13.3. The summed E-state index contributed by atoms with van der Waals surface area (Å²) in [5.41, 5.74) is 0.601. The van der Waals surface area contributed by atoms with Crippen molar-refractivity contribution < 1.29 is 14.3 Å². The Bertz CT molecular complexity index is 487. The molecule has 1 aromatic heterocycles. The van der Waals surface area contributed by atoms with E-state index in [1.54, 1.807) is 18.7 Å². The molecule has 0 bridgehead atoms. The van der Waals surface area contributed by atoms with Gasteiger partial charge in [0.25, 0.3) is 0 Å².